The van der Waals surface area contributed by atoms with E-state index in [1.807, 2.05) is 32.9 Å². The molecule has 2 aliphatic rings. The fourth-order valence-electron chi connectivity index (χ4n) is 5.01. The second-order valence-corrected chi connectivity index (χ2v) is 9.39. The van der Waals surface area contributed by atoms with Crippen molar-refractivity contribution >= 4 is 23.1 Å². The fourth-order valence-corrected chi connectivity index (χ4v) is 5.01. The second kappa shape index (κ2) is 8.47. The lowest BCUT2D eigenvalue weighted by atomic mass is 9.82. The quantitative estimate of drug-likeness (QED) is 0.288. The van der Waals surface area contributed by atoms with E-state index in [1.54, 1.807) is 6.07 Å². The molecule has 0 aliphatic carbocycles. The third kappa shape index (κ3) is 3.68. The van der Waals surface area contributed by atoms with Crippen molar-refractivity contribution in [2.24, 2.45) is 0 Å². The lowest BCUT2D eigenvalue weighted by Crippen LogP contribution is -2.32. The predicted molar refractivity (Wildman–Crippen MR) is 133 cm³/mol. The first kappa shape index (κ1) is 24.5. The van der Waals surface area contributed by atoms with Crippen LogP contribution in [0.4, 0.5) is 23.2 Å². The highest BCUT2D eigenvalue weighted by atomic mass is 19.2. The fraction of sp³-hybridized carbons (Fsp3) is 0.214. The minimum absolute atomic E-state index is 0.0527. The predicted octanol–water partition coefficient (Wildman–Crippen LogP) is 7.13. The monoisotopic (exact) mass is 513 g/mol. The molecule has 0 amide bonds. The topological polar surface area (TPSA) is 60.0 Å². The van der Waals surface area contributed by atoms with Crippen molar-refractivity contribution in [2.45, 2.75) is 26.3 Å². The molecule has 2 aliphatic heterocycles. The van der Waals surface area contributed by atoms with Gasteiger partial charge < -0.3 is 24.6 Å². The summed E-state index contributed by atoms with van der Waals surface area (Å²) in [6.45, 7) is 5.84. The van der Waals surface area contributed by atoms with Crippen LogP contribution in [0.3, 0.4) is 0 Å². The number of ether oxygens (including phenoxy) is 3. The van der Waals surface area contributed by atoms with Crippen molar-refractivity contribution in [3.05, 3.63) is 70.3 Å². The van der Waals surface area contributed by atoms with Gasteiger partial charge in [0, 0.05) is 22.4 Å². The van der Waals surface area contributed by atoms with Crippen molar-refractivity contribution in [1.29, 1.82) is 0 Å². The third-order valence-electron chi connectivity index (χ3n) is 6.41. The molecule has 0 unspecified atom stereocenters. The van der Waals surface area contributed by atoms with Crippen LogP contribution in [0.15, 0.2) is 30.3 Å². The molecule has 0 spiro atoms. The van der Waals surface area contributed by atoms with Gasteiger partial charge >= 0.3 is 0 Å². The third-order valence-corrected chi connectivity index (χ3v) is 6.41. The molecule has 5 nitrogen and oxygen atoms in total. The number of hydrogen-bond acceptors (Lipinski definition) is 5. The van der Waals surface area contributed by atoms with Gasteiger partial charge in [-0.1, -0.05) is 12.1 Å². The first-order valence-electron chi connectivity index (χ1n) is 11.3. The molecule has 9 heteroatoms. The lowest BCUT2D eigenvalue weighted by molar-refractivity contribution is 0.331. The number of allylic oxidation sites excluding steroid dienone is 1. The molecule has 3 aromatic rings. The average molecular weight is 513 g/mol. The zero-order valence-corrected chi connectivity index (χ0v) is 20.6. The van der Waals surface area contributed by atoms with Gasteiger partial charge in [-0.25, -0.2) is 8.78 Å². The van der Waals surface area contributed by atoms with Crippen molar-refractivity contribution in [2.75, 3.05) is 19.5 Å². The van der Waals surface area contributed by atoms with Gasteiger partial charge in [0.05, 0.1) is 30.9 Å². The largest absolute Gasteiger partial charge is 0.504 e. The molecule has 2 heterocycles. The molecule has 0 bridgehead atoms. The summed E-state index contributed by atoms with van der Waals surface area (Å²) in [5, 5.41) is 13.8. The summed E-state index contributed by atoms with van der Waals surface area (Å²) in [7, 11) is 2.30. The highest BCUT2D eigenvalue weighted by Crippen LogP contribution is 2.54. The standard InChI is InChI=1S/C28H23F4NO4/c1-12-11-28(2,3)33-15-7-6-13-20(19(12)15)18(37-17-9-8-16(34)26(35-4)21(13)17)10-14-22(29)24(31)27(36-5)25(32)23(14)30/h6-11,33-34H,1-5H3. The van der Waals surface area contributed by atoms with Gasteiger partial charge in [-0.15, -0.1) is 0 Å². The van der Waals surface area contributed by atoms with E-state index in [4.69, 9.17) is 9.47 Å². The van der Waals surface area contributed by atoms with Gasteiger partial charge in [-0.2, -0.15) is 8.78 Å². The van der Waals surface area contributed by atoms with Crippen molar-refractivity contribution in [1.82, 2.24) is 0 Å². The molecule has 0 atom stereocenters. The summed E-state index contributed by atoms with van der Waals surface area (Å²) in [6.07, 6.45) is 2.90. The Labute approximate surface area is 210 Å². The highest BCUT2D eigenvalue weighted by molar-refractivity contribution is 6.02. The van der Waals surface area contributed by atoms with Crippen LogP contribution in [-0.4, -0.2) is 24.9 Å². The van der Waals surface area contributed by atoms with Gasteiger partial charge in [0.2, 0.25) is 11.6 Å². The van der Waals surface area contributed by atoms with E-state index in [1.165, 1.54) is 19.2 Å². The molecular weight excluding hydrogens is 490 g/mol. The zero-order chi connectivity index (χ0) is 26.8. The Balaban J connectivity index is 1.87. The van der Waals surface area contributed by atoms with Gasteiger partial charge in [-0.3, -0.25) is 0 Å². The Morgan fingerprint density at radius 2 is 1.51 bits per heavy atom. The van der Waals surface area contributed by atoms with Gasteiger partial charge in [0.1, 0.15) is 11.5 Å². The van der Waals surface area contributed by atoms with E-state index >= 15 is 0 Å². The number of hydrogen-bond donors (Lipinski definition) is 2. The number of fused-ring (bicyclic) bond motifs is 5. The van der Waals surface area contributed by atoms with E-state index in [9.17, 15) is 22.7 Å². The Bertz CT molecular complexity index is 1510. The van der Waals surface area contributed by atoms with Gasteiger partial charge in [-0.05, 0) is 50.6 Å². The van der Waals surface area contributed by atoms with Crippen LogP contribution < -0.4 is 19.5 Å². The van der Waals surface area contributed by atoms with Crippen LogP contribution >= 0.6 is 0 Å². The van der Waals surface area contributed by atoms with E-state index in [0.29, 0.717) is 27.9 Å². The molecule has 192 valence electrons. The Morgan fingerprint density at radius 1 is 0.865 bits per heavy atom. The van der Waals surface area contributed by atoms with Crippen LogP contribution in [0.25, 0.3) is 28.5 Å². The first-order chi connectivity index (χ1) is 17.5. The van der Waals surface area contributed by atoms with E-state index < -0.39 is 34.6 Å². The van der Waals surface area contributed by atoms with Crippen molar-refractivity contribution < 1.29 is 36.9 Å². The van der Waals surface area contributed by atoms with E-state index in [2.05, 4.69) is 10.1 Å². The summed E-state index contributed by atoms with van der Waals surface area (Å²) in [5.74, 6) is -7.56. The Morgan fingerprint density at radius 3 is 2.14 bits per heavy atom. The molecule has 0 radical (unpaired) electrons. The number of nitrogens with one attached hydrogen (secondary N) is 1. The van der Waals surface area contributed by atoms with Crippen LogP contribution in [0.1, 0.15) is 37.5 Å². The van der Waals surface area contributed by atoms with Crippen LogP contribution in [0, 0.1) is 23.3 Å². The molecular formula is C28H23F4NO4. The van der Waals surface area contributed by atoms with Crippen LogP contribution in [0.2, 0.25) is 0 Å². The smallest absolute Gasteiger partial charge is 0.204 e. The molecule has 0 fully saturated rings. The van der Waals surface area contributed by atoms with Gasteiger partial charge in [0.25, 0.3) is 0 Å². The highest BCUT2D eigenvalue weighted by Gasteiger charge is 2.34. The van der Waals surface area contributed by atoms with Crippen molar-refractivity contribution in [3.63, 3.8) is 0 Å². The van der Waals surface area contributed by atoms with E-state index in [-0.39, 0.29) is 28.5 Å². The number of halogens is 4. The summed E-state index contributed by atoms with van der Waals surface area (Å²) in [5.41, 5.74) is 2.21. The summed E-state index contributed by atoms with van der Waals surface area (Å²) in [4.78, 5) is 0. The van der Waals surface area contributed by atoms with E-state index in [0.717, 1.165) is 18.8 Å². The maximum Gasteiger partial charge on any atom is 0.204 e. The number of rotatable bonds is 3. The molecule has 2 N–H and O–H groups in total. The SMILES string of the molecule is COc1c(F)c(F)c(C=C2Oc3ccc(O)c(OC)c3-c3ccc4c(c32)C(C)=CC(C)(C)N4)c(F)c1F. The number of methoxy groups -OCH3 is 2. The summed E-state index contributed by atoms with van der Waals surface area (Å²) >= 11 is 0. The molecule has 0 aromatic heterocycles. The molecule has 0 saturated carbocycles. The number of benzene rings is 3. The number of aromatic hydroxyl groups is 1. The lowest BCUT2D eigenvalue weighted by Gasteiger charge is -2.35. The summed E-state index contributed by atoms with van der Waals surface area (Å²) in [6, 6.07) is 6.42. The molecule has 0 saturated heterocycles. The molecule has 5 rings (SSSR count). The molecule has 37 heavy (non-hydrogen) atoms. The Hall–Kier alpha value is -4.14. The molecule has 3 aromatic carbocycles. The number of phenols is 1. The summed E-state index contributed by atoms with van der Waals surface area (Å²) < 4.78 is 75.0. The minimum Gasteiger partial charge on any atom is -0.504 e. The Kier molecular flexibility index (Phi) is 5.62. The maximum absolute atomic E-state index is 15.0. The van der Waals surface area contributed by atoms with Crippen LogP contribution in [-0.2, 0) is 0 Å². The maximum atomic E-state index is 15.0. The minimum atomic E-state index is -1.66. The normalized spacial score (nSPS) is 16.1. The second-order valence-electron chi connectivity index (χ2n) is 9.39. The van der Waals surface area contributed by atoms with Gasteiger partial charge in [0.15, 0.2) is 28.9 Å². The van der Waals surface area contributed by atoms with Crippen molar-refractivity contribution in [3.8, 4) is 34.1 Å². The zero-order valence-electron chi connectivity index (χ0n) is 20.6. The number of anilines is 1. The number of phenolic OH excluding ortho intramolecular Hbond substituents is 1. The average Bonchev–Trinajstić information content (AvgIpc) is 2.84. The first-order valence-corrected chi connectivity index (χ1v) is 11.3. The van der Waals surface area contributed by atoms with Crippen LogP contribution in [0.5, 0.6) is 23.0 Å².